The molecule has 0 saturated carbocycles. The Morgan fingerprint density at radius 1 is 1.33 bits per heavy atom. The van der Waals surface area contributed by atoms with E-state index in [9.17, 15) is 4.79 Å². The van der Waals surface area contributed by atoms with E-state index in [4.69, 9.17) is 11.8 Å². The number of nitrogen functional groups attached to an aromatic ring is 1. The fourth-order valence-electron chi connectivity index (χ4n) is 2.72. The number of fused-ring (bicyclic) bond motifs is 1. The number of carbonyl (C=O) groups excluding carboxylic acids is 1. The number of hydrogen-bond acceptors (Lipinski definition) is 5. The summed E-state index contributed by atoms with van der Waals surface area (Å²) in [6.07, 6.45) is 1.15. The molecular formula is C20H25N5O2. The van der Waals surface area contributed by atoms with Crippen LogP contribution in [0.5, 0.6) is 0 Å². The average Bonchev–Trinajstić information content (AvgIpc) is 2.97. The van der Waals surface area contributed by atoms with Crippen molar-refractivity contribution in [1.29, 1.82) is 0 Å². The zero-order chi connectivity index (χ0) is 20.6. The minimum Gasteiger partial charge on any atom is -0.443 e. The lowest BCUT2D eigenvalue weighted by molar-refractivity contribution is 0.0597. The number of aromatic nitrogens is 3. The van der Waals surface area contributed by atoms with Crippen molar-refractivity contribution in [3.05, 3.63) is 48.3 Å². The molecular weight excluding hydrogens is 342 g/mol. The molecule has 0 bridgehead atoms. The summed E-state index contributed by atoms with van der Waals surface area (Å²) in [6, 6.07) is 8.40. The van der Waals surface area contributed by atoms with Gasteiger partial charge in [0, 0.05) is 23.5 Å². The molecule has 0 saturated heterocycles. The average molecular weight is 368 g/mol. The van der Waals surface area contributed by atoms with Gasteiger partial charge in [-0.3, -0.25) is 0 Å². The van der Waals surface area contributed by atoms with Gasteiger partial charge in [-0.1, -0.05) is 19.9 Å². The molecule has 2 N–H and O–H groups in total. The van der Waals surface area contributed by atoms with E-state index in [1.165, 1.54) is 11.0 Å². The maximum atomic E-state index is 13.1. The maximum absolute atomic E-state index is 13.1. The van der Waals surface area contributed by atoms with Gasteiger partial charge in [-0.25, -0.2) is 14.7 Å². The van der Waals surface area contributed by atoms with Crippen LogP contribution in [-0.4, -0.2) is 26.3 Å². The van der Waals surface area contributed by atoms with E-state index in [1.54, 1.807) is 55.7 Å². The summed E-state index contributed by atoms with van der Waals surface area (Å²) >= 11 is 0. The first-order chi connectivity index (χ1) is 13.1. The highest BCUT2D eigenvalue weighted by molar-refractivity contribution is 5.96. The summed E-state index contributed by atoms with van der Waals surface area (Å²) < 4.78 is 15.3. The molecule has 0 aliphatic rings. The van der Waals surface area contributed by atoms with Gasteiger partial charge < -0.3 is 10.5 Å². The molecule has 1 aromatic carbocycles. The van der Waals surface area contributed by atoms with Crippen LogP contribution in [0.3, 0.4) is 0 Å². The van der Waals surface area contributed by atoms with E-state index in [2.05, 4.69) is 10.1 Å². The minimum atomic E-state index is -0.696. The third-order valence-electron chi connectivity index (χ3n) is 3.91. The van der Waals surface area contributed by atoms with E-state index >= 15 is 0 Å². The zero-order valence-corrected chi connectivity index (χ0v) is 16.2. The van der Waals surface area contributed by atoms with Crippen molar-refractivity contribution in [1.82, 2.24) is 14.6 Å². The molecule has 142 valence electrons. The molecule has 0 spiro atoms. The van der Waals surface area contributed by atoms with Crippen molar-refractivity contribution in [2.45, 2.75) is 46.1 Å². The van der Waals surface area contributed by atoms with Crippen molar-refractivity contribution in [2.24, 2.45) is 0 Å². The third-order valence-corrected chi connectivity index (χ3v) is 3.91. The van der Waals surface area contributed by atoms with Crippen molar-refractivity contribution >= 4 is 28.9 Å². The molecule has 7 nitrogen and oxygen atoms in total. The summed E-state index contributed by atoms with van der Waals surface area (Å²) in [6.45, 7) is 9.44. The highest BCUT2D eigenvalue weighted by Gasteiger charge is 2.27. The van der Waals surface area contributed by atoms with Crippen LogP contribution in [0.1, 0.15) is 47.5 Å². The number of amides is 1. The number of ether oxygens (including phenoxy) is 1. The van der Waals surface area contributed by atoms with E-state index < -0.39 is 11.7 Å². The van der Waals surface area contributed by atoms with Crippen LogP contribution in [0.15, 0.2) is 42.7 Å². The maximum Gasteiger partial charge on any atom is 0.420 e. The molecule has 2 heterocycles. The standard InChI is InChI=1S/C20H25N5O2/c1-13(2)16-12-23-25-17(9-10-22-18(16)25)24(19(26)27-20(3,4)5)15-8-6-7-14(21)11-15/h6-13H,21H2,1-5H3/i10D. The second kappa shape index (κ2) is 6.90. The summed E-state index contributed by atoms with van der Waals surface area (Å²) in [4.78, 5) is 18.8. The monoisotopic (exact) mass is 368 g/mol. The number of nitrogens with zero attached hydrogens (tertiary/aromatic N) is 4. The summed E-state index contributed by atoms with van der Waals surface area (Å²) in [7, 11) is 0. The lowest BCUT2D eigenvalue weighted by Gasteiger charge is -2.27. The lowest BCUT2D eigenvalue weighted by atomic mass is 10.1. The Bertz CT molecular complexity index is 1020. The fraction of sp³-hybridized carbons (Fsp3) is 0.350. The molecule has 2 aromatic heterocycles. The van der Waals surface area contributed by atoms with Gasteiger partial charge in [0.05, 0.1) is 13.3 Å². The predicted molar refractivity (Wildman–Crippen MR) is 106 cm³/mol. The number of benzene rings is 1. The molecule has 0 radical (unpaired) electrons. The molecule has 0 aliphatic heterocycles. The van der Waals surface area contributed by atoms with E-state index in [0.717, 1.165) is 5.56 Å². The molecule has 0 fully saturated rings. The van der Waals surface area contributed by atoms with Crippen molar-refractivity contribution < 1.29 is 10.9 Å². The van der Waals surface area contributed by atoms with Gasteiger partial charge in [-0.2, -0.15) is 9.61 Å². The van der Waals surface area contributed by atoms with Gasteiger partial charge in [0.15, 0.2) is 5.65 Å². The normalized spacial score (nSPS) is 12.3. The van der Waals surface area contributed by atoms with Crippen LogP contribution in [0, 0.1) is 0 Å². The van der Waals surface area contributed by atoms with E-state index in [-0.39, 0.29) is 12.1 Å². The third kappa shape index (κ3) is 3.86. The Morgan fingerprint density at radius 2 is 2.07 bits per heavy atom. The Hall–Kier alpha value is -3.09. The van der Waals surface area contributed by atoms with Gasteiger partial charge in [0.2, 0.25) is 0 Å². The van der Waals surface area contributed by atoms with Crippen LogP contribution < -0.4 is 10.6 Å². The summed E-state index contributed by atoms with van der Waals surface area (Å²) in [5, 5.41) is 4.42. The number of nitrogens with two attached hydrogens (primary N) is 1. The van der Waals surface area contributed by atoms with Gasteiger partial charge >= 0.3 is 6.09 Å². The molecule has 3 rings (SSSR count). The smallest absolute Gasteiger partial charge is 0.420 e. The number of rotatable bonds is 3. The molecule has 3 aromatic rings. The molecule has 7 heteroatoms. The number of carbonyl (C=O) groups is 1. The Labute approximate surface area is 160 Å². The van der Waals surface area contributed by atoms with Gasteiger partial charge in [-0.05, 0) is 44.9 Å². The van der Waals surface area contributed by atoms with Crippen LogP contribution >= 0.6 is 0 Å². The summed E-state index contributed by atoms with van der Waals surface area (Å²) in [5.41, 5.74) is 7.70. The fourth-order valence-corrected chi connectivity index (χ4v) is 2.72. The quantitative estimate of drug-likeness (QED) is 0.688. The molecule has 27 heavy (non-hydrogen) atoms. The first-order valence-corrected chi connectivity index (χ1v) is 8.81. The SMILES string of the molecule is [2H]c1cc(N(C(=O)OC(C)(C)C)c2cccc(N)c2)n2ncc(C(C)C)c2n1. The molecule has 1 amide bonds. The van der Waals surface area contributed by atoms with E-state index in [1.807, 2.05) is 13.8 Å². The van der Waals surface area contributed by atoms with Crippen LogP contribution in [0.4, 0.5) is 22.0 Å². The van der Waals surface area contributed by atoms with Crippen LogP contribution in [0.25, 0.3) is 5.65 Å². The predicted octanol–water partition coefficient (Wildman–Crippen LogP) is 4.51. The zero-order valence-electron chi connectivity index (χ0n) is 17.2. The van der Waals surface area contributed by atoms with Gasteiger partial charge in [0.25, 0.3) is 0 Å². The second-order valence-corrected chi connectivity index (χ2v) is 7.64. The largest absolute Gasteiger partial charge is 0.443 e. The topological polar surface area (TPSA) is 85.8 Å². The molecule has 0 atom stereocenters. The van der Waals surface area contributed by atoms with E-state index in [0.29, 0.717) is 22.8 Å². The van der Waals surface area contributed by atoms with Crippen molar-refractivity contribution in [3.8, 4) is 0 Å². The van der Waals surface area contributed by atoms with Crippen LogP contribution in [0.2, 0.25) is 0 Å². The first kappa shape index (κ1) is 17.3. The molecule has 0 unspecified atom stereocenters. The van der Waals surface area contributed by atoms with Crippen molar-refractivity contribution in [2.75, 3.05) is 10.6 Å². The Kier molecular flexibility index (Phi) is 4.43. The minimum absolute atomic E-state index is 0.0300. The number of anilines is 3. The highest BCUT2D eigenvalue weighted by Crippen LogP contribution is 2.30. The van der Waals surface area contributed by atoms with Crippen LogP contribution in [-0.2, 0) is 4.74 Å². The van der Waals surface area contributed by atoms with Crippen molar-refractivity contribution in [3.63, 3.8) is 0 Å². The Morgan fingerprint density at radius 3 is 2.70 bits per heavy atom. The van der Waals surface area contributed by atoms with Gasteiger partial charge in [-0.15, -0.1) is 0 Å². The Balaban J connectivity index is 2.25. The lowest BCUT2D eigenvalue weighted by Crippen LogP contribution is -2.35. The summed E-state index contributed by atoms with van der Waals surface area (Å²) in [5.74, 6) is 0.531. The first-order valence-electron chi connectivity index (χ1n) is 9.31. The second-order valence-electron chi connectivity index (χ2n) is 7.64. The number of hydrogen-bond donors (Lipinski definition) is 1. The van der Waals surface area contributed by atoms with Gasteiger partial charge in [0.1, 0.15) is 11.4 Å². The highest BCUT2D eigenvalue weighted by atomic mass is 16.6. The molecule has 0 aliphatic carbocycles.